The maximum Gasteiger partial charge on any atom is 0.410 e. The van der Waals surface area contributed by atoms with Crippen molar-refractivity contribution >= 4 is 34.3 Å². The van der Waals surface area contributed by atoms with Gasteiger partial charge in [-0.15, -0.1) is 0 Å². The van der Waals surface area contributed by atoms with E-state index >= 15 is 0 Å². The molecule has 4 aromatic rings. The van der Waals surface area contributed by atoms with Crippen LogP contribution in [0, 0.1) is 0 Å². The highest BCUT2D eigenvalue weighted by Gasteiger charge is 2.31. The van der Waals surface area contributed by atoms with Crippen molar-refractivity contribution in [2.75, 3.05) is 37.9 Å². The fraction of sp³-hybridized carbons (Fsp3) is 0.484. The van der Waals surface area contributed by atoms with E-state index in [-0.39, 0.29) is 12.1 Å². The number of amides is 1. The maximum atomic E-state index is 12.9. The zero-order valence-electron chi connectivity index (χ0n) is 25.5. The lowest BCUT2D eigenvalue weighted by Gasteiger charge is -2.34. The number of anilines is 3. The molecular weight excluding hydrogens is 548 g/mol. The lowest BCUT2D eigenvalue weighted by atomic mass is 10.1. The van der Waals surface area contributed by atoms with Crippen LogP contribution in [0.3, 0.4) is 0 Å². The highest BCUT2D eigenvalue weighted by Crippen LogP contribution is 2.37. The largest absolute Gasteiger partial charge is 0.497 e. The number of hydrogen-bond donors (Lipinski definition) is 2. The molecule has 1 atom stereocenters. The van der Waals surface area contributed by atoms with Gasteiger partial charge in [-0.3, -0.25) is 9.36 Å². The first-order chi connectivity index (χ1) is 20.7. The Morgan fingerprint density at radius 3 is 2.65 bits per heavy atom. The molecule has 0 radical (unpaired) electrons. The molecule has 1 saturated carbocycles. The molecule has 43 heavy (non-hydrogen) atoms. The summed E-state index contributed by atoms with van der Waals surface area (Å²) in [5.74, 6) is 2.83. The van der Waals surface area contributed by atoms with Crippen LogP contribution in [0.15, 0.2) is 42.9 Å². The molecule has 1 aromatic carbocycles. The number of piperidine rings is 1. The molecule has 228 valence electrons. The Morgan fingerprint density at radius 2 is 1.91 bits per heavy atom. The average Bonchev–Trinajstić information content (AvgIpc) is 3.63. The molecule has 4 heterocycles. The smallest absolute Gasteiger partial charge is 0.410 e. The van der Waals surface area contributed by atoms with E-state index in [0.29, 0.717) is 37.3 Å². The molecular formula is C31H40N8O4. The first kappa shape index (κ1) is 28.6. The first-order valence-corrected chi connectivity index (χ1v) is 14.8. The summed E-state index contributed by atoms with van der Waals surface area (Å²) in [5, 5.41) is 17.5. The Balaban J connectivity index is 1.33. The van der Waals surface area contributed by atoms with Gasteiger partial charge in [-0.25, -0.2) is 9.78 Å². The summed E-state index contributed by atoms with van der Waals surface area (Å²) in [6, 6.07) is 8.19. The van der Waals surface area contributed by atoms with E-state index in [0.717, 1.165) is 59.3 Å². The van der Waals surface area contributed by atoms with Crippen molar-refractivity contribution in [1.29, 1.82) is 0 Å². The van der Waals surface area contributed by atoms with Crippen LogP contribution in [0.25, 0.3) is 10.9 Å². The second kappa shape index (κ2) is 11.7. The van der Waals surface area contributed by atoms with Crippen molar-refractivity contribution < 1.29 is 19.0 Å². The molecule has 2 fully saturated rings. The van der Waals surface area contributed by atoms with Crippen molar-refractivity contribution in [3.63, 3.8) is 0 Å². The highest BCUT2D eigenvalue weighted by atomic mass is 16.6. The average molecular weight is 589 g/mol. The minimum absolute atomic E-state index is 0.0227. The molecule has 0 bridgehead atoms. The SMILES string of the molecule is COc1ccc(CNc2nccc3c2c(Nc2cnn(C4CC4)c2)nn3[C@@H]2CCCN(C(=O)OC(C)(C)C)C2)c(OC)c1. The number of carbonyl (C=O) groups is 1. The third-order valence-corrected chi connectivity index (χ3v) is 7.74. The van der Waals surface area contributed by atoms with Crippen LogP contribution in [-0.4, -0.2) is 68.4 Å². The van der Waals surface area contributed by atoms with E-state index in [1.54, 1.807) is 25.3 Å². The van der Waals surface area contributed by atoms with Gasteiger partial charge in [0.15, 0.2) is 5.82 Å². The van der Waals surface area contributed by atoms with Crippen LogP contribution >= 0.6 is 0 Å². The molecule has 6 rings (SSSR count). The Morgan fingerprint density at radius 1 is 1.07 bits per heavy atom. The fourth-order valence-corrected chi connectivity index (χ4v) is 5.49. The summed E-state index contributed by atoms with van der Waals surface area (Å²) in [6.45, 7) is 7.32. The number of rotatable bonds is 9. The summed E-state index contributed by atoms with van der Waals surface area (Å²) >= 11 is 0. The number of benzene rings is 1. The van der Waals surface area contributed by atoms with Gasteiger partial charge >= 0.3 is 6.09 Å². The summed E-state index contributed by atoms with van der Waals surface area (Å²) in [6.07, 6.45) is 9.41. The number of likely N-dealkylation sites (tertiary alicyclic amines) is 1. The van der Waals surface area contributed by atoms with Crippen LogP contribution in [-0.2, 0) is 11.3 Å². The van der Waals surface area contributed by atoms with Crippen LogP contribution in [0.5, 0.6) is 11.5 Å². The molecule has 1 aliphatic carbocycles. The van der Waals surface area contributed by atoms with E-state index < -0.39 is 5.60 Å². The number of nitrogens with one attached hydrogen (secondary N) is 2. The van der Waals surface area contributed by atoms with Gasteiger partial charge in [0.25, 0.3) is 0 Å². The third-order valence-electron chi connectivity index (χ3n) is 7.74. The molecule has 3 aromatic heterocycles. The van der Waals surface area contributed by atoms with E-state index in [9.17, 15) is 4.79 Å². The quantitative estimate of drug-likeness (QED) is 0.246. The molecule has 12 heteroatoms. The molecule has 0 spiro atoms. The van der Waals surface area contributed by atoms with Crippen molar-refractivity contribution in [3.8, 4) is 11.5 Å². The van der Waals surface area contributed by atoms with Gasteiger partial charge in [-0.05, 0) is 64.7 Å². The van der Waals surface area contributed by atoms with Crippen LogP contribution < -0.4 is 20.1 Å². The molecule has 2 N–H and O–H groups in total. The Labute approximate surface area is 251 Å². The minimum atomic E-state index is -0.552. The molecule has 2 aliphatic rings. The molecule has 1 aliphatic heterocycles. The Kier molecular flexibility index (Phi) is 7.76. The van der Waals surface area contributed by atoms with Crippen LogP contribution in [0.1, 0.15) is 64.1 Å². The van der Waals surface area contributed by atoms with Gasteiger partial charge < -0.3 is 29.7 Å². The van der Waals surface area contributed by atoms with Gasteiger partial charge in [0.2, 0.25) is 0 Å². The number of carbonyl (C=O) groups excluding carboxylic acids is 1. The monoisotopic (exact) mass is 588 g/mol. The first-order valence-electron chi connectivity index (χ1n) is 14.8. The van der Waals surface area contributed by atoms with Crippen molar-refractivity contribution in [2.45, 2.75) is 70.7 Å². The normalized spacial score (nSPS) is 17.1. The van der Waals surface area contributed by atoms with Crippen LogP contribution in [0.2, 0.25) is 0 Å². The summed E-state index contributed by atoms with van der Waals surface area (Å²) in [7, 11) is 3.28. The number of nitrogens with zero attached hydrogens (tertiary/aromatic N) is 6. The number of aromatic nitrogens is 5. The Hall–Kier alpha value is -4.48. The molecule has 0 unspecified atom stereocenters. The number of methoxy groups -OCH3 is 2. The minimum Gasteiger partial charge on any atom is -0.497 e. The number of pyridine rings is 1. The second-order valence-corrected chi connectivity index (χ2v) is 12.2. The van der Waals surface area contributed by atoms with E-state index in [2.05, 4.69) is 15.7 Å². The summed E-state index contributed by atoms with van der Waals surface area (Å²) in [5.41, 5.74) is 2.20. The number of ether oxygens (including phenoxy) is 3. The van der Waals surface area contributed by atoms with Gasteiger partial charge in [0.1, 0.15) is 22.9 Å². The standard InChI is InChI=1S/C31H40N8O4/c1-31(2,3)43-30(40)37-14-6-7-23(19-37)39-25-12-13-32-28(33-16-20-8-11-24(41-4)15-26(20)42-5)27(25)29(36-39)35-21-17-34-38(18-21)22-9-10-22/h8,11-13,15,17-18,22-23H,6-7,9-10,14,16,19H2,1-5H3,(H,32,33)(H,35,36)/t23-/m1/s1. The zero-order chi connectivity index (χ0) is 30.1. The van der Waals surface area contributed by atoms with Crippen molar-refractivity contribution in [3.05, 3.63) is 48.4 Å². The number of fused-ring (bicyclic) bond motifs is 1. The zero-order valence-corrected chi connectivity index (χ0v) is 25.5. The maximum absolute atomic E-state index is 12.9. The third kappa shape index (κ3) is 6.32. The fourth-order valence-electron chi connectivity index (χ4n) is 5.49. The Bertz CT molecular complexity index is 1600. The molecule has 12 nitrogen and oxygen atoms in total. The van der Waals surface area contributed by atoms with E-state index in [1.807, 2.05) is 66.8 Å². The topological polar surface area (TPSA) is 121 Å². The highest BCUT2D eigenvalue weighted by molar-refractivity contribution is 6.00. The lowest BCUT2D eigenvalue weighted by Crippen LogP contribution is -2.43. The van der Waals surface area contributed by atoms with Crippen molar-refractivity contribution in [2.24, 2.45) is 0 Å². The van der Waals surface area contributed by atoms with Crippen molar-refractivity contribution in [1.82, 2.24) is 29.4 Å². The van der Waals surface area contributed by atoms with E-state index in [1.165, 1.54) is 0 Å². The van der Waals surface area contributed by atoms with E-state index in [4.69, 9.17) is 24.3 Å². The van der Waals surface area contributed by atoms with Gasteiger partial charge in [0.05, 0.1) is 49.1 Å². The lowest BCUT2D eigenvalue weighted by molar-refractivity contribution is 0.0169. The van der Waals surface area contributed by atoms with Crippen LogP contribution in [0.4, 0.5) is 22.1 Å². The molecule has 1 saturated heterocycles. The predicted octanol–water partition coefficient (Wildman–Crippen LogP) is 5.91. The predicted molar refractivity (Wildman–Crippen MR) is 164 cm³/mol. The van der Waals surface area contributed by atoms with Gasteiger partial charge in [-0.2, -0.15) is 10.2 Å². The summed E-state index contributed by atoms with van der Waals surface area (Å²) < 4.78 is 20.7. The van der Waals surface area contributed by atoms with Gasteiger partial charge in [0, 0.05) is 43.7 Å². The molecule has 1 amide bonds. The number of hydrogen-bond acceptors (Lipinski definition) is 9. The summed E-state index contributed by atoms with van der Waals surface area (Å²) in [4.78, 5) is 19.5. The van der Waals surface area contributed by atoms with Gasteiger partial charge in [-0.1, -0.05) is 0 Å². The second-order valence-electron chi connectivity index (χ2n) is 12.2.